The largest absolute Gasteiger partial charge is 0.360 e. The summed E-state index contributed by atoms with van der Waals surface area (Å²) in [5.74, 6) is 0.0445. The van der Waals surface area contributed by atoms with E-state index in [1.54, 1.807) is 0 Å². The quantitative estimate of drug-likeness (QED) is 0.431. The summed E-state index contributed by atoms with van der Waals surface area (Å²) in [5.41, 5.74) is 15.0. The van der Waals surface area contributed by atoms with Crippen LogP contribution in [0.25, 0.3) is 33.2 Å². The SMILES string of the molecule is Cc1cc(C)cc(-c2cc3[nH]cc(C(=O)N4CCC(N)CC4)c3cc2-c2ccc(C#N)cc2)c1. The van der Waals surface area contributed by atoms with Crippen LogP contribution >= 0.6 is 0 Å². The molecule has 4 aromatic rings. The Bertz CT molecular complexity index is 1400. The van der Waals surface area contributed by atoms with E-state index in [0.717, 1.165) is 46.0 Å². The van der Waals surface area contributed by atoms with Crippen LogP contribution in [0.1, 0.15) is 39.9 Å². The van der Waals surface area contributed by atoms with Gasteiger partial charge >= 0.3 is 0 Å². The third-order valence-corrected chi connectivity index (χ3v) is 6.73. The van der Waals surface area contributed by atoms with E-state index < -0.39 is 0 Å². The van der Waals surface area contributed by atoms with Crippen molar-refractivity contribution in [1.29, 1.82) is 5.26 Å². The van der Waals surface area contributed by atoms with Gasteiger partial charge in [0.2, 0.25) is 0 Å². The fourth-order valence-electron chi connectivity index (χ4n) is 4.95. The minimum Gasteiger partial charge on any atom is -0.360 e. The molecule has 0 atom stereocenters. The number of fused-ring (bicyclic) bond motifs is 1. The number of aryl methyl sites for hydroxylation is 2. The molecule has 3 aromatic carbocycles. The number of H-pyrrole nitrogens is 1. The molecule has 0 aliphatic carbocycles. The van der Waals surface area contributed by atoms with Crippen LogP contribution in [0.15, 0.2) is 60.8 Å². The summed E-state index contributed by atoms with van der Waals surface area (Å²) in [6.07, 6.45) is 3.50. The van der Waals surface area contributed by atoms with Crippen molar-refractivity contribution in [3.8, 4) is 28.3 Å². The summed E-state index contributed by atoms with van der Waals surface area (Å²) in [5, 5.41) is 10.1. The number of benzene rings is 3. The van der Waals surface area contributed by atoms with E-state index in [4.69, 9.17) is 5.73 Å². The van der Waals surface area contributed by atoms with Gasteiger partial charge in [-0.1, -0.05) is 41.5 Å². The van der Waals surface area contributed by atoms with Gasteiger partial charge in [0.15, 0.2) is 0 Å². The molecule has 1 aliphatic heterocycles. The maximum atomic E-state index is 13.4. The highest BCUT2D eigenvalue weighted by Crippen LogP contribution is 2.37. The number of nitrogens with two attached hydrogens (primary N) is 1. The first-order chi connectivity index (χ1) is 16.4. The molecule has 1 saturated heterocycles. The van der Waals surface area contributed by atoms with Crippen molar-refractivity contribution in [1.82, 2.24) is 9.88 Å². The number of nitrogens with zero attached hydrogens (tertiary/aromatic N) is 2. The summed E-state index contributed by atoms with van der Waals surface area (Å²) >= 11 is 0. The molecule has 5 rings (SSSR count). The molecule has 1 aromatic heterocycles. The molecule has 3 N–H and O–H groups in total. The standard InChI is InChI=1S/C29H28N4O/c1-18-11-19(2)13-22(12-18)25-15-28-26(14-24(25)21-5-3-20(16-30)4-6-21)27(17-32-28)29(34)33-9-7-23(31)8-10-33/h3-6,11-15,17,23,32H,7-10,31H2,1-2H3. The Morgan fingerprint density at radius 1 is 0.971 bits per heavy atom. The van der Waals surface area contributed by atoms with Gasteiger partial charge in [-0.05, 0) is 73.2 Å². The maximum absolute atomic E-state index is 13.4. The van der Waals surface area contributed by atoms with Gasteiger partial charge in [0.1, 0.15) is 0 Å². The summed E-state index contributed by atoms with van der Waals surface area (Å²) in [6, 6.07) is 20.8. The van der Waals surface area contributed by atoms with Crippen LogP contribution in [-0.4, -0.2) is 34.9 Å². The third-order valence-electron chi connectivity index (χ3n) is 6.73. The number of likely N-dealkylation sites (tertiary alicyclic amines) is 1. The predicted molar refractivity (Wildman–Crippen MR) is 136 cm³/mol. The van der Waals surface area contributed by atoms with Gasteiger partial charge in [0, 0.05) is 36.2 Å². The number of hydrogen-bond acceptors (Lipinski definition) is 3. The number of amides is 1. The highest BCUT2D eigenvalue weighted by atomic mass is 16.2. The highest BCUT2D eigenvalue weighted by molar-refractivity contribution is 6.09. The molecule has 5 nitrogen and oxygen atoms in total. The molecule has 1 fully saturated rings. The molecule has 2 heterocycles. The minimum absolute atomic E-state index is 0.0445. The number of carbonyl (C=O) groups excluding carboxylic acids is 1. The van der Waals surface area contributed by atoms with Crippen LogP contribution in [-0.2, 0) is 0 Å². The lowest BCUT2D eigenvalue weighted by Crippen LogP contribution is -2.42. The Labute approximate surface area is 199 Å². The molecule has 1 aliphatic rings. The van der Waals surface area contributed by atoms with Crippen molar-refractivity contribution in [2.75, 3.05) is 13.1 Å². The molecule has 34 heavy (non-hydrogen) atoms. The minimum atomic E-state index is 0.0445. The third kappa shape index (κ3) is 4.09. The van der Waals surface area contributed by atoms with E-state index in [9.17, 15) is 10.1 Å². The van der Waals surface area contributed by atoms with E-state index >= 15 is 0 Å². The van der Waals surface area contributed by atoms with Crippen molar-refractivity contribution >= 4 is 16.8 Å². The van der Waals surface area contributed by atoms with Crippen molar-refractivity contribution in [2.45, 2.75) is 32.7 Å². The summed E-state index contributed by atoms with van der Waals surface area (Å²) in [4.78, 5) is 18.6. The van der Waals surface area contributed by atoms with Crippen LogP contribution in [0.5, 0.6) is 0 Å². The molecular formula is C29H28N4O. The first-order valence-corrected chi connectivity index (χ1v) is 11.7. The molecule has 0 radical (unpaired) electrons. The fraction of sp³-hybridized carbons (Fsp3) is 0.241. The van der Waals surface area contributed by atoms with Crippen LogP contribution in [0.2, 0.25) is 0 Å². The molecule has 1 amide bonds. The van der Waals surface area contributed by atoms with E-state index in [1.165, 1.54) is 11.1 Å². The first kappa shape index (κ1) is 21.9. The smallest absolute Gasteiger partial charge is 0.256 e. The average Bonchev–Trinajstić information content (AvgIpc) is 3.26. The van der Waals surface area contributed by atoms with Crippen LogP contribution in [0.3, 0.4) is 0 Å². The number of hydrogen-bond donors (Lipinski definition) is 2. The molecule has 0 spiro atoms. The van der Waals surface area contributed by atoms with Gasteiger partial charge in [0.25, 0.3) is 5.91 Å². The van der Waals surface area contributed by atoms with E-state index in [1.807, 2.05) is 35.4 Å². The van der Waals surface area contributed by atoms with Gasteiger partial charge in [-0.15, -0.1) is 0 Å². The molecule has 0 unspecified atom stereocenters. The predicted octanol–water partition coefficient (Wildman–Crippen LogP) is 5.55. The number of carbonyl (C=O) groups is 1. The van der Waals surface area contributed by atoms with Gasteiger partial charge < -0.3 is 15.6 Å². The van der Waals surface area contributed by atoms with Crippen molar-refractivity contribution in [2.24, 2.45) is 5.73 Å². The van der Waals surface area contributed by atoms with Crippen LogP contribution in [0.4, 0.5) is 0 Å². The summed E-state index contributed by atoms with van der Waals surface area (Å²) in [7, 11) is 0. The zero-order valence-electron chi connectivity index (χ0n) is 19.6. The molecule has 0 saturated carbocycles. The van der Waals surface area contributed by atoms with Gasteiger partial charge in [-0.25, -0.2) is 0 Å². The first-order valence-electron chi connectivity index (χ1n) is 11.7. The van der Waals surface area contributed by atoms with E-state index in [0.29, 0.717) is 24.2 Å². The van der Waals surface area contributed by atoms with Crippen LogP contribution in [0, 0.1) is 25.2 Å². The maximum Gasteiger partial charge on any atom is 0.256 e. The Morgan fingerprint density at radius 3 is 2.26 bits per heavy atom. The second-order valence-corrected chi connectivity index (χ2v) is 9.34. The van der Waals surface area contributed by atoms with E-state index in [2.05, 4.69) is 55.2 Å². The Kier molecular flexibility index (Phi) is 5.69. The summed E-state index contributed by atoms with van der Waals surface area (Å²) < 4.78 is 0. The van der Waals surface area contributed by atoms with E-state index in [-0.39, 0.29) is 11.9 Å². The number of rotatable bonds is 3. The van der Waals surface area contributed by atoms with Gasteiger partial charge in [-0.2, -0.15) is 5.26 Å². The molecule has 0 bridgehead atoms. The molecule has 5 heteroatoms. The number of aromatic amines is 1. The summed E-state index contributed by atoms with van der Waals surface area (Å²) in [6.45, 7) is 5.59. The highest BCUT2D eigenvalue weighted by Gasteiger charge is 2.24. The second kappa shape index (κ2) is 8.81. The number of aromatic nitrogens is 1. The lowest BCUT2D eigenvalue weighted by molar-refractivity contribution is 0.0717. The second-order valence-electron chi connectivity index (χ2n) is 9.34. The number of piperidine rings is 1. The lowest BCUT2D eigenvalue weighted by Gasteiger charge is -2.30. The lowest BCUT2D eigenvalue weighted by atomic mass is 9.90. The topological polar surface area (TPSA) is 85.9 Å². The van der Waals surface area contributed by atoms with Crippen LogP contribution < -0.4 is 5.73 Å². The fourth-order valence-corrected chi connectivity index (χ4v) is 4.95. The Hall–Kier alpha value is -3.88. The van der Waals surface area contributed by atoms with Gasteiger partial charge in [0.05, 0.1) is 17.2 Å². The number of nitrogens with one attached hydrogen (secondary N) is 1. The van der Waals surface area contributed by atoms with Gasteiger partial charge in [-0.3, -0.25) is 4.79 Å². The monoisotopic (exact) mass is 448 g/mol. The van der Waals surface area contributed by atoms with Crippen molar-refractivity contribution < 1.29 is 4.79 Å². The Morgan fingerprint density at radius 2 is 1.62 bits per heavy atom. The molecule has 170 valence electrons. The Balaban J connectivity index is 1.67. The normalized spacial score (nSPS) is 14.4. The number of nitriles is 1. The average molecular weight is 449 g/mol. The molecular weight excluding hydrogens is 420 g/mol. The van der Waals surface area contributed by atoms with Crippen molar-refractivity contribution in [3.63, 3.8) is 0 Å². The van der Waals surface area contributed by atoms with Crippen molar-refractivity contribution in [3.05, 3.63) is 83.0 Å². The zero-order valence-corrected chi connectivity index (χ0v) is 19.6. The zero-order chi connectivity index (χ0) is 23.8.